The van der Waals surface area contributed by atoms with Crippen LogP contribution in [0.3, 0.4) is 0 Å². The van der Waals surface area contributed by atoms with Crippen molar-refractivity contribution in [2.75, 3.05) is 6.79 Å². The van der Waals surface area contributed by atoms with Crippen LogP contribution in [0.4, 0.5) is 0 Å². The van der Waals surface area contributed by atoms with Gasteiger partial charge in [0, 0.05) is 13.1 Å². The lowest BCUT2D eigenvalue weighted by molar-refractivity contribution is 0.174. The van der Waals surface area contributed by atoms with Crippen LogP contribution >= 0.6 is 0 Å². The Labute approximate surface area is 119 Å². The highest BCUT2D eigenvalue weighted by molar-refractivity contribution is 5.44. The predicted octanol–water partition coefficient (Wildman–Crippen LogP) is 3.32. The fraction of sp³-hybridized carbons (Fsp3) is 0.294. The minimum Gasteiger partial charge on any atom is -0.454 e. The second-order valence-corrected chi connectivity index (χ2v) is 5.22. The molecule has 0 radical (unpaired) electrons. The summed E-state index contributed by atoms with van der Waals surface area (Å²) in [6.07, 6.45) is 0. The van der Waals surface area contributed by atoms with Crippen LogP contribution in [0, 0.1) is 13.8 Å². The average Bonchev–Trinajstić information content (AvgIpc) is 2.90. The van der Waals surface area contributed by atoms with Crippen LogP contribution in [0.2, 0.25) is 0 Å². The molecule has 0 saturated carbocycles. The first kappa shape index (κ1) is 13.0. The molecule has 0 spiro atoms. The highest BCUT2D eigenvalue weighted by Gasteiger charge is 2.12. The zero-order valence-electron chi connectivity index (χ0n) is 11.9. The van der Waals surface area contributed by atoms with Crippen molar-refractivity contribution in [1.82, 2.24) is 5.32 Å². The van der Waals surface area contributed by atoms with Gasteiger partial charge in [0.1, 0.15) is 0 Å². The normalized spacial score (nSPS) is 12.7. The molecule has 0 saturated heterocycles. The Morgan fingerprint density at radius 3 is 2.70 bits per heavy atom. The number of benzene rings is 2. The van der Waals surface area contributed by atoms with Gasteiger partial charge in [0.15, 0.2) is 11.5 Å². The number of rotatable bonds is 4. The van der Waals surface area contributed by atoms with Crippen molar-refractivity contribution >= 4 is 0 Å². The Morgan fingerprint density at radius 2 is 1.80 bits per heavy atom. The van der Waals surface area contributed by atoms with E-state index >= 15 is 0 Å². The molecule has 20 heavy (non-hydrogen) atoms. The van der Waals surface area contributed by atoms with Gasteiger partial charge in [-0.3, -0.25) is 0 Å². The van der Waals surface area contributed by atoms with E-state index in [0.717, 1.165) is 24.6 Å². The molecule has 0 fully saturated rings. The van der Waals surface area contributed by atoms with Crippen LogP contribution in [-0.4, -0.2) is 6.79 Å². The van der Waals surface area contributed by atoms with Crippen LogP contribution in [0.15, 0.2) is 36.4 Å². The Morgan fingerprint density at radius 1 is 0.950 bits per heavy atom. The summed E-state index contributed by atoms with van der Waals surface area (Å²) >= 11 is 0. The molecular weight excluding hydrogens is 250 g/mol. The maximum Gasteiger partial charge on any atom is 0.231 e. The zero-order chi connectivity index (χ0) is 13.9. The Bertz CT molecular complexity index is 622. The number of fused-ring (bicyclic) bond motifs is 1. The Balaban J connectivity index is 1.61. The van der Waals surface area contributed by atoms with Crippen LogP contribution in [0.1, 0.15) is 22.3 Å². The monoisotopic (exact) mass is 269 g/mol. The summed E-state index contributed by atoms with van der Waals surface area (Å²) in [6, 6.07) is 12.6. The molecule has 0 bridgehead atoms. The average molecular weight is 269 g/mol. The summed E-state index contributed by atoms with van der Waals surface area (Å²) in [5.41, 5.74) is 5.19. The lowest BCUT2D eigenvalue weighted by Gasteiger charge is -2.09. The van der Waals surface area contributed by atoms with E-state index in [2.05, 4.69) is 43.4 Å². The van der Waals surface area contributed by atoms with Crippen molar-refractivity contribution in [1.29, 1.82) is 0 Å². The van der Waals surface area contributed by atoms with Crippen LogP contribution in [0.5, 0.6) is 11.5 Å². The van der Waals surface area contributed by atoms with Crippen molar-refractivity contribution < 1.29 is 9.47 Å². The van der Waals surface area contributed by atoms with Crippen molar-refractivity contribution in [3.05, 3.63) is 58.7 Å². The van der Waals surface area contributed by atoms with E-state index in [1.54, 1.807) is 0 Å². The molecule has 3 rings (SSSR count). The Hall–Kier alpha value is -2.00. The third-order valence-corrected chi connectivity index (χ3v) is 3.59. The SMILES string of the molecule is Cc1ccc(C)c(CNCc2ccc3c(c2)OCO3)c1. The van der Waals surface area contributed by atoms with Crippen molar-refractivity contribution in [2.45, 2.75) is 26.9 Å². The number of ether oxygens (including phenoxy) is 2. The molecule has 2 aromatic rings. The molecule has 0 atom stereocenters. The van der Waals surface area contributed by atoms with Gasteiger partial charge in [-0.2, -0.15) is 0 Å². The molecular formula is C17H19NO2. The molecule has 3 nitrogen and oxygen atoms in total. The quantitative estimate of drug-likeness (QED) is 0.923. The summed E-state index contributed by atoms with van der Waals surface area (Å²) in [5, 5.41) is 3.48. The summed E-state index contributed by atoms with van der Waals surface area (Å²) in [6.45, 7) is 6.30. The molecule has 3 heteroatoms. The van der Waals surface area contributed by atoms with E-state index in [4.69, 9.17) is 9.47 Å². The lowest BCUT2D eigenvalue weighted by Crippen LogP contribution is -2.13. The maximum absolute atomic E-state index is 5.39. The minimum absolute atomic E-state index is 0.328. The fourth-order valence-electron chi connectivity index (χ4n) is 2.38. The molecule has 0 aromatic heterocycles. The molecule has 1 N–H and O–H groups in total. The molecule has 1 aliphatic rings. The molecule has 0 aliphatic carbocycles. The van der Waals surface area contributed by atoms with Crippen molar-refractivity contribution in [2.24, 2.45) is 0 Å². The lowest BCUT2D eigenvalue weighted by atomic mass is 10.1. The summed E-state index contributed by atoms with van der Waals surface area (Å²) in [4.78, 5) is 0. The first-order valence-electron chi connectivity index (χ1n) is 6.88. The van der Waals surface area contributed by atoms with Gasteiger partial charge in [-0.15, -0.1) is 0 Å². The van der Waals surface area contributed by atoms with Gasteiger partial charge in [-0.1, -0.05) is 29.8 Å². The maximum atomic E-state index is 5.39. The minimum atomic E-state index is 0.328. The van der Waals surface area contributed by atoms with Gasteiger partial charge in [0.25, 0.3) is 0 Å². The van der Waals surface area contributed by atoms with Crippen LogP contribution in [0.25, 0.3) is 0 Å². The third-order valence-electron chi connectivity index (χ3n) is 3.59. The van der Waals surface area contributed by atoms with Crippen molar-refractivity contribution in [3.8, 4) is 11.5 Å². The van der Waals surface area contributed by atoms with E-state index in [-0.39, 0.29) is 0 Å². The molecule has 2 aromatic carbocycles. The fourth-order valence-corrected chi connectivity index (χ4v) is 2.38. The molecule has 1 heterocycles. The molecule has 104 valence electrons. The van der Waals surface area contributed by atoms with Crippen LogP contribution < -0.4 is 14.8 Å². The van der Waals surface area contributed by atoms with Gasteiger partial charge in [-0.05, 0) is 42.7 Å². The van der Waals surface area contributed by atoms with Gasteiger partial charge in [0.2, 0.25) is 6.79 Å². The number of hydrogen-bond donors (Lipinski definition) is 1. The standard InChI is InChI=1S/C17H19NO2/c1-12-3-4-13(2)15(7-12)10-18-9-14-5-6-16-17(8-14)20-11-19-16/h3-8,18H,9-11H2,1-2H3. The van der Waals surface area contributed by atoms with E-state index in [1.807, 2.05) is 12.1 Å². The molecule has 1 aliphatic heterocycles. The second kappa shape index (κ2) is 5.55. The number of aryl methyl sites for hydroxylation is 2. The van der Waals surface area contributed by atoms with Crippen LogP contribution in [-0.2, 0) is 13.1 Å². The smallest absolute Gasteiger partial charge is 0.231 e. The first-order chi connectivity index (χ1) is 9.72. The molecule has 0 amide bonds. The predicted molar refractivity (Wildman–Crippen MR) is 79.0 cm³/mol. The van der Waals surface area contributed by atoms with Crippen molar-refractivity contribution in [3.63, 3.8) is 0 Å². The van der Waals surface area contributed by atoms with E-state index in [0.29, 0.717) is 6.79 Å². The first-order valence-corrected chi connectivity index (χ1v) is 6.88. The highest BCUT2D eigenvalue weighted by atomic mass is 16.7. The number of nitrogens with one attached hydrogen (secondary N) is 1. The van der Waals surface area contributed by atoms with Gasteiger partial charge in [-0.25, -0.2) is 0 Å². The summed E-state index contributed by atoms with van der Waals surface area (Å²) in [5.74, 6) is 1.68. The van der Waals surface area contributed by atoms with Gasteiger partial charge >= 0.3 is 0 Å². The van der Waals surface area contributed by atoms with E-state index in [1.165, 1.54) is 22.3 Å². The van der Waals surface area contributed by atoms with E-state index < -0.39 is 0 Å². The summed E-state index contributed by atoms with van der Waals surface area (Å²) in [7, 11) is 0. The largest absolute Gasteiger partial charge is 0.454 e. The number of hydrogen-bond acceptors (Lipinski definition) is 3. The topological polar surface area (TPSA) is 30.5 Å². The molecule has 0 unspecified atom stereocenters. The second-order valence-electron chi connectivity index (χ2n) is 5.22. The summed E-state index contributed by atoms with van der Waals surface area (Å²) < 4.78 is 10.7. The third kappa shape index (κ3) is 2.78. The zero-order valence-corrected chi connectivity index (χ0v) is 11.9. The Kier molecular flexibility index (Phi) is 3.61. The van der Waals surface area contributed by atoms with E-state index in [9.17, 15) is 0 Å². The highest BCUT2D eigenvalue weighted by Crippen LogP contribution is 2.32. The van der Waals surface area contributed by atoms with Gasteiger partial charge in [0.05, 0.1) is 0 Å². The van der Waals surface area contributed by atoms with Gasteiger partial charge < -0.3 is 14.8 Å².